The van der Waals surface area contributed by atoms with Crippen LogP contribution in [0.1, 0.15) is 46.0 Å². The molecule has 3 N–H and O–H groups in total. The molecule has 0 radical (unpaired) electrons. The molecule has 0 aromatic heterocycles. The van der Waals surface area contributed by atoms with Gasteiger partial charge in [-0.05, 0) is 19.3 Å². The summed E-state index contributed by atoms with van der Waals surface area (Å²) in [6.07, 6.45) is 2.09. The van der Waals surface area contributed by atoms with Gasteiger partial charge in [0.05, 0.1) is 0 Å². The van der Waals surface area contributed by atoms with Gasteiger partial charge in [-0.25, -0.2) is 0 Å². The molecule has 1 atom stereocenters. The van der Waals surface area contributed by atoms with Crippen molar-refractivity contribution >= 4 is 11.9 Å². The van der Waals surface area contributed by atoms with E-state index in [1.165, 1.54) is 0 Å². The van der Waals surface area contributed by atoms with Crippen molar-refractivity contribution in [1.82, 2.24) is 5.32 Å². The lowest BCUT2D eigenvalue weighted by atomic mass is 10.2. The fourth-order valence-corrected chi connectivity index (χ4v) is 1.06. The number of carbonyl (C=O) groups is 2. The second-order valence-electron chi connectivity index (χ2n) is 3.64. The Morgan fingerprint density at radius 3 is 2.56 bits per heavy atom. The molecule has 0 fully saturated rings. The Morgan fingerprint density at radius 2 is 2.00 bits per heavy atom. The summed E-state index contributed by atoms with van der Waals surface area (Å²) < 4.78 is 4.87. The van der Waals surface area contributed by atoms with Crippen LogP contribution in [-0.4, -0.2) is 24.6 Å². The molecule has 5 nitrogen and oxygen atoms in total. The van der Waals surface area contributed by atoms with Gasteiger partial charge in [0.15, 0.2) is 6.23 Å². The Labute approximate surface area is 96.7 Å². The van der Waals surface area contributed by atoms with Crippen molar-refractivity contribution in [2.75, 3.05) is 6.54 Å². The maximum Gasteiger partial charge on any atom is 0.307 e. The number of nitrogens with one attached hydrogen (secondary N) is 1. The summed E-state index contributed by atoms with van der Waals surface area (Å²) in [4.78, 5) is 22.3. The smallest absolute Gasteiger partial charge is 0.307 e. The zero-order chi connectivity index (χ0) is 12.4. The summed E-state index contributed by atoms with van der Waals surface area (Å²) in [7, 11) is 0. The van der Waals surface area contributed by atoms with Gasteiger partial charge >= 0.3 is 5.97 Å². The van der Waals surface area contributed by atoms with Crippen LogP contribution in [0.2, 0.25) is 0 Å². The van der Waals surface area contributed by atoms with E-state index in [4.69, 9.17) is 10.5 Å². The molecule has 0 aliphatic rings. The molecular weight excluding hydrogens is 208 g/mol. The Balaban J connectivity index is 3.50. The normalized spacial score (nSPS) is 11.9. The highest BCUT2D eigenvalue weighted by Gasteiger charge is 2.08. The minimum Gasteiger partial charge on any atom is -0.447 e. The molecule has 0 aliphatic carbocycles. The third-order valence-electron chi connectivity index (χ3n) is 2.04. The first kappa shape index (κ1) is 14.9. The van der Waals surface area contributed by atoms with Gasteiger partial charge in [0.25, 0.3) is 0 Å². The quantitative estimate of drug-likeness (QED) is 0.480. The van der Waals surface area contributed by atoms with Gasteiger partial charge in [-0.2, -0.15) is 0 Å². The molecule has 0 aromatic carbocycles. The van der Waals surface area contributed by atoms with E-state index >= 15 is 0 Å². The minimum absolute atomic E-state index is 0.0190. The summed E-state index contributed by atoms with van der Waals surface area (Å²) in [6, 6.07) is 0. The standard InChI is InChI=1S/C11H22N2O3/c1-3-8-13-10(14)6-5-7-11(15)16-9(12)4-2/h9H,3-8,12H2,1-2H3,(H,13,14). The summed E-state index contributed by atoms with van der Waals surface area (Å²) in [6.45, 7) is 4.52. The van der Waals surface area contributed by atoms with E-state index in [1.807, 2.05) is 13.8 Å². The van der Waals surface area contributed by atoms with Crippen LogP contribution < -0.4 is 11.1 Å². The SMILES string of the molecule is CCCNC(=O)CCCC(=O)OC(N)CC. The van der Waals surface area contributed by atoms with Crippen molar-refractivity contribution in [2.24, 2.45) is 5.73 Å². The summed E-state index contributed by atoms with van der Waals surface area (Å²) in [5.41, 5.74) is 5.45. The van der Waals surface area contributed by atoms with Crippen molar-refractivity contribution in [3.8, 4) is 0 Å². The van der Waals surface area contributed by atoms with Crippen molar-refractivity contribution in [2.45, 2.75) is 52.2 Å². The molecule has 1 amide bonds. The summed E-state index contributed by atoms with van der Waals surface area (Å²) >= 11 is 0. The number of ether oxygens (including phenoxy) is 1. The predicted octanol–water partition coefficient (Wildman–Crippen LogP) is 0.921. The lowest BCUT2D eigenvalue weighted by Gasteiger charge is -2.10. The van der Waals surface area contributed by atoms with Crippen LogP contribution >= 0.6 is 0 Å². The predicted molar refractivity (Wildman–Crippen MR) is 61.5 cm³/mol. The van der Waals surface area contributed by atoms with E-state index < -0.39 is 6.23 Å². The second kappa shape index (κ2) is 9.15. The first-order chi connectivity index (χ1) is 7.60. The van der Waals surface area contributed by atoms with Crippen molar-refractivity contribution in [3.05, 3.63) is 0 Å². The molecule has 0 aromatic rings. The first-order valence-corrected chi connectivity index (χ1v) is 5.81. The van der Waals surface area contributed by atoms with Crippen molar-refractivity contribution in [3.63, 3.8) is 0 Å². The van der Waals surface area contributed by atoms with Crippen LogP contribution in [0.25, 0.3) is 0 Å². The number of rotatable bonds is 8. The maximum absolute atomic E-state index is 11.2. The highest BCUT2D eigenvalue weighted by molar-refractivity contribution is 5.76. The molecule has 0 aliphatic heterocycles. The van der Waals surface area contributed by atoms with Gasteiger partial charge in [-0.3, -0.25) is 15.3 Å². The van der Waals surface area contributed by atoms with Gasteiger partial charge in [0, 0.05) is 19.4 Å². The van der Waals surface area contributed by atoms with Crippen molar-refractivity contribution in [1.29, 1.82) is 0 Å². The lowest BCUT2D eigenvalue weighted by Crippen LogP contribution is -2.26. The summed E-state index contributed by atoms with van der Waals surface area (Å²) in [5.74, 6) is -0.355. The van der Waals surface area contributed by atoms with Crippen LogP contribution in [-0.2, 0) is 14.3 Å². The highest BCUT2D eigenvalue weighted by atomic mass is 16.6. The van der Waals surface area contributed by atoms with Gasteiger partial charge in [0.1, 0.15) is 0 Å². The molecule has 0 rings (SSSR count). The molecule has 0 saturated heterocycles. The molecule has 0 bridgehead atoms. The van der Waals surface area contributed by atoms with Gasteiger partial charge in [-0.15, -0.1) is 0 Å². The molecule has 0 heterocycles. The average molecular weight is 230 g/mol. The van der Waals surface area contributed by atoms with E-state index in [2.05, 4.69) is 5.32 Å². The molecule has 0 saturated carbocycles. The molecule has 94 valence electrons. The Bertz CT molecular complexity index is 219. The highest BCUT2D eigenvalue weighted by Crippen LogP contribution is 2.00. The third-order valence-corrected chi connectivity index (χ3v) is 2.04. The van der Waals surface area contributed by atoms with Crippen LogP contribution in [0, 0.1) is 0 Å². The molecular formula is C11H22N2O3. The third kappa shape index (κ3) is 8.23. The van der Waals surface area contributed by atoms with E-state index in [1.54, 1.807) is 0 Å². The van der Waals surface area contributed by atoms with E-state index in [9.17, 15) is 9.59 Å². The topological polar surface area (TPSA) is 81.4 Å². The zero-order valence-corrected chi connectivity index (χ0v) is 10.1. The number of amides is 1. The Kier molecular flexibility index (Phi) is 8.52. The van der Waals surface area contributed by atoms with Gasteiger partial charge < -0.3 is 10.1 Å². The molecule has 0 spiro atoms. The number of hydrogen-bond acceptors (Lipinski definition) is 4. The van der Waals surface area contributed by atoms with Crippen LogP contribution in [0.3, 0.4) is 0 Å². The lowest BCUT2D eigenvalue weighted by molar-refractivity contribution is -0.149. The molecule has 5 heteroatoms. The van der Waals surface area contributed by atoms with Crippen molar-refractivity contribution < 1.29 is 14.3 Å². The van der Waals surface area contributed by atoms with E-state index in [-0.39, 0.29) is 18.3 Å². The number of hydrogen-bond donors (Lipinski definition) is 2. The van der Waals surface area contributed by atoms with Crippen LogP contribution in [0.5, 0.6) is 0 Å². The van der Waals surface area contributed by atoms with E-state index in [0.29, 0.717) is 25.8 Å². The first-order valence-electron chi connectivity index (χ1n) is 5.81. The Morgan fingerprint density at radius 1 is 1.31 bits per heavy atom. The van der Waals surface area contributed by atoms with Crippen LogP contribution in [0.4, 0.5) is 0 Å². The largest absolute Gasteiger partial charge is 0.447 e. The number of carbonyl (C=O) groups excluding carboxylic acids is 2. The second-order valence-corrected chi connectivity index (χ2v) is 3.64. The molecule has 16 heavy (non-hydrogen) atoms. The zero-order valence-electron chi connectivity index (χ0n) is 10.1. The fourth-order valence-electron chi connectivity index (χ4n) is 1.06. The van der Waals surface area contributed by atoms with Crippen LogP contribution in [0.15, 0.2) is 0 Å². The minimum atomic E-state index is -0.526. The summed E-state index contributed by atoms with van der Waals surface area (Å²) in [5, 5.41) is 2.74. The van der Waals surface area contributed by atoms with Gasteiger partial charge in [-0.1, -0.05) is 13.8 Å². The number of esters is 1. The van der Waals surface area contributed by atoms with E-state index in [0.717, 1.165) is 6.42 Å². The Hall–Kier alpha value is -1.10. The maximum atomic E-state index is 11.2. The monoisotopic (exact) mass is 230 g/mol. The fraction of sp³-hybridized carbons (Fsp3) is 0.818. The van der Waals surface area contributed by atoms with Gasteiger partial charge in [0.2, 0.25) is 5.91 Å². The molecule has 1 unspecified atom stereocenters. The number of nitrogens with two attached hydrogens (primary N) is 1. The average Bonchev–Trinajstić information content (AvgIpc) is 2.26.